The van der Waals surface area contributed by atoms with Crippen molar-refractivity contribution < 1.29 is 14.3 Å². The van der Waals surface area contributed by atoms with E-state index in [1.54, 1.807) is 12.1 Å². The van der Waals surface area contributed by atoms with Crippen LogP contribution in [0, 0.1) is 18.3 Å². The quantitative estimate of drug-likeness (QED) is 0.694. The summed E-state index contributed by atoms with van der Waals surface area (Å²) in [6.07, 6.45) is 4.55. The Morgan fingerprint density at radius 2 is 2.19 bits per heavy atom. The lowest BCUT2D eigenvalue weighted by atomic mass is 9.67. The number of aryl methyl sites for hydroxylation is 1. The third-order valence-electron chi connectivity index (χ3n) is 5.88. The van der Waals surface area contributed by atoms with Crippen LogP contribution in [0.5, 0.6) is 5.75 Å². The molecule has 1 saturated heterocycles. The van der Waals surface area contributed by atoms with Crippen molar-refractivity contribution in [3.05, 3.63) is 22.7 Å². The van der Waals surface area contributed by atoms with Gasteiger partial charge in [0.15, 0.2) is 0 Å². The van der Waals surface area contributed by atoms with Crippen LogP contribution < -0.4 is 20.7 Å². The second-order valence-corrected chi connectivity index (χ2v) is 7.99. The third-order valence-corrected chi connectivity index (χ3v) is 6.29. The van der Waals surface area contributed by atoms with Gasteiger partial charge in [-0.15, -0.1) is 0 Å². The average molecular weight is 394 g/mol. The fraction of sp³-hybridized carbons (Fsp3) is 0.600. The predicted octanol–water partition coefficient (Wildman–Crippen LogP) is 2.88. The third kappa shape index (κ3) is 4.22. The highest BCUT2D eigenvalue weighted by molar-refractivity contribution is 6.31. The van der Waals surface area contributed by atoms with E-state index < -0.39 is 0 Å². The van der Waals surface area contributed by atoms with Gasteiger partial charge in [0.25, 0.3) is 0 Å². The molecule has 0 radical (unpaired) electrons. The van der Waals surface area contributed by atoms with Crippen LogP contribution in [0.3, 0.4) is 0 Å². The molecule has 6 nitrogen and oxygen atoms in total. The van der Waals surface area contributed by atoms with E-state index in [0.717, 1.165) is 37.9 Å². The Hall–Kier alpha value is -1.79. The second-order valence-electron chi connectivity index (χ2n) is 7.59. The van der Waals surface area contributed by atoms with E-state index in [2.05, 4.69) is 16.0 Å². The number of benzene rings is 1. The van der Waals surface area contributed by atoms with E-state index in [-0.39, 0.29) is 23.7 Å². The van der Waals surface area contributed by atoms with Crippen molar-refractivity contribution >= 4 is 29.1 Å². The lowest BCUT2D eigenvalue weighted by Crippen LogP contribution is -2.48. The molecule has 1 saturated carbocycles. The van der Waals surface area contributed by atoms with Crippen LogP contribution in [0.1, 0.15) is 37.7 Å². The van der Waals surface area contributed by atoms with Gasteiger partial charge in [0.2, 0.25) is 11.8 Å². The number of rotatable bonds is 6. The van der Waals surface area contributed by atoms with Crippen LogP contribution in [-0.2, 0) is 9.59 Å². The Morgan fingerprint density at radius 1 is 1.37 bits per heavy atom. The zero-order valence-corrected chi connectivity index (χ0v) is 16.7. The SMILES string of the molecule is COc1cc(Cl)c(C)cc1NC(=O)CCNC(=O)[C@@]12CCCC[C@H]1CNC2. The number of hydrogen-bond acceptors (Lipinski definition) is 4. The normalized spacial score (nSPS) is 24.2. The Labute approximate surface area is 165 Å². The molecule has 0 unspecified atom stereocenters. The molecule has 0 bridgehead atoms. The highest BCUT2D eigenvalue weighted by Gasteiger charge is 2.49. The van der Waals surface area contributed by atoms with E-state index in [1.807, 2.05) is 6.92 Å². The van der Waals surface area contributed by atoms with Gasteiger partial charge < -0.3 is 20.7 Å². The van der Waals surface area contributed by atoms with Gasteiger partial charge in [-0.1, -0.05) is 24.4 Å². The molecule has 1 aromatic carbocycles. The average Bonchev–Trinajstić information content (AvgIpc) is 3.09. The number of ether oxygens (including phenoxy) is 1. The smallest absolute Gasteiger partial charge is 0.227 e. The molecule has 2 aliphatic rings. The molecule has 2 fully saturated rings. The van der Waals surface area contributed by atoms with Crippen molar-refractivity contribution in [3.8, 4) is 5.75 Å². The molecule has 1 aliphatic carbocycles. The summed E-state index contributed by atoms with van der Waals surface area (Å²) in [6.45, 7) is 3.86. The van der Waals surface area contributed by atoms with Crippen molar-refractivity contribution in [2.24, 2.45) is 11.3 Å². The second kappa shape index (κ2) is 8.48. The molecule has 1 heterocycles. The first-order chi connectivity index (χ1) is 13.0. The zero-order chi connectivity index (χ0) is 19.4. The highest BCUT2D eigenvalue weighted by Crippen LogP contribution is 2.43. The van der Waals surface area contributed by atoms with Crippen molar-refractivity contribution in [1.82, 2.24) is 10.6 Å². The molecule has 1 aliphatic heterocycles. The number of anilines is 1. The standard InChI is InChI=1S/C20H28ClN3O3/c1-13-9-16(17(27-2)10-15(13)21)24-18(25)6-8-23-19(26)20-7-4-3-5-14(20)11-22-12-20/h9-10,14,22H,3-8,11-12H2,1-2H3,(H,23,26)(H,24,25)/t14-,20+/m0/s1. The predicted molar refractivity (Wildman–Crippen MR) is 106 cm³/mol. The number of methoxy groups -OCH3 is 1. The summed E-state index contributed by atoms with van der Waals surface area (Å²) >= 11 is 6.09. The van der Waals surface area contributed by atoms with E-state index >= 15 is 0 Å². The summed E-state index contributed by atoms with van der Waals surface area (Å²) in [7, 11) is 1.53. The molecule has 148 valence electrons. The molecule has 2 amide bonds. The molecule has 1 aromatic rings. The first-order valence-corrected chi connectivity index (χ1v) is 9.97. The number of carbonyl (C=O) groups excluding carboxylic acids is 2. The monoisotopic (exact) mass is 393 g/mol. The molecule has 0 aromatic heterocycles. The van der Waals surface area contributed by atoms with Gasteiger partial charge in [-0.2, -0.15) is 0 Å². The minimum absolute atomic E-state index is 0.0879. The summed E-state index contributed by atoms with van der Waals surface area (Å²) in [5, 5.41) is 9.79. The van der Waals surface area contributed by atoms with Gasteiger partial charge in [-0.25, -0.2) is 0 Å². The van der Waals surface area contributed by atoms with Crippen LogP contribution in [0.15, 0.2) is 12.1 Å². The van der Waals surface area contributed by atoms with Gasteiger partial charge in [0.05, 0.1) is 18.2 Å². The first-order valence-electron chi connectivity index (χ1n) is 9.59. The molecule has 3 rings (SSSR count). The number of carbonyl (C=O) groups is 2. The Morgan fingerprint density at radius 3 is 2.96 bits per heavy atom. The van der Waals surface area contributed by atoms with Crippen molar-refractivity contribution in [2.45, 2.75) is 39.0 Å². The molecule has 27 heavy (non-hydrogen) atoms. The Balaban J connectivity index is 1.53. The maximum Gasteiger partial charge on any atom is 0.227 e. The van der Waals surface area contributed by atoms with Gasteiger partial charge >= 0.3 is 0 Å². The van der Waals surface area contributed by atoms with E-state index in [9.17, 15) is 9.59 Å². The van der Waals surface area contributed by atoms with Crippen LogP contribution in [0.25, 0.3) is 0 Å². The fourth-order valence-corrected chi connectivity index (χ4v) is 4.45. The van der Waals surface area contributed by atoms with Crippen LogP contribution in [-0.4, -0.2) is 38.6 Å². The zero-order valence-electron chi connectivity index (χ0n) is 16.0. The molecule has 2 atom stereocenters. The summed E-state index contributed by atoms with van der Waals surface area (Å²) in [5.41, 5.74) is 1.16. The van der Waals surface area contributed by atoms with Crippen LogP contribution in [0.4, 0.5) is 5.69 Å². The maximum absolute atomic E-state index is 12.8. The minimum Gasteiger partial charge on any atom is -0.495 e. The van der Waals surface area contributed by atoms with E-state index in [4.69, 9.17) is 16.3 Å². The van der Waals surface area contributed by atoms with Gasteiger partial charge in [-0.3, -0.25) is 9.59 Å². The van der Waals surface area contributed by atoms with E-state index in [1.165, 1.54) is 13.5 Å². The number of amides is 2. The summed E-state index contributed by atoms with van der Waals surface area (Å²) < 4.78 is 5.27. The van der Waals surface area contributed by atoms with Crippen molar-refractivity contribution in [2.75, 3.05) is 32.1 Å². The van der Waals surface area contributed by atoms with E-state index in [0.29, 0.717) is 28.9 Å². The number of fused-ring (bicyclic) bond motifs is 1. The largest absolute Gasteiger partial charge is 0.495 e. The molecular formula is C20H28ClN3O3. The minimum atomic E-state index is -0.286. The van der Waals surface area contributed by atoms with Gasteiger partial charge in [0.1, 0.15) is 5.75 Å². The van der Waals surface area contributed by atoms with Gasteiger partial charge in [0, 0.05) is 30.6 Å². The molecular weight excluding hydrogens is 366 g/mol. The highest BCUT2D eigenvalue weighted by atomic mass is 35.5. The lowest BCUT2D eigenvalue weighted by molar-refractivity contribution is -0.134. The fourth-order valence-electron chi connectivity index (χ4n) is 4.30. The Bertz CT molecular complexity index is 725. The van der Waals surface area contributed by atoms with Crippen LogP contribution >= 0.6 is 11.6 Å². The summed E-state index contributed by atoms with van der Waals surface area (Å²) in [6, 6.07) is 3.47. The number of hydrogen-bond donors (Lipinski definition) is 3. The van der Waals surface area contributed by atoms with Crippen LogP contribution in [0.2, 0.25) is 5.02 Å². The summed E-state index contributed by atoms with van der Waals surface area (Å²) in [4.78, 5) is 25.1. The van der Waals surface area contributed by atoms with Gasteiger partial charge in [-0.05, 0) is 43.9 Å². The molecule has 7 heteroatoms. The Kier molecular flexibility index (Phi) is 6.27. The van der Waals surface area contributed by atoms with Crippen molar-refractivity contribution in [3.63, 3.8) is 0 Å². The topological polar surface area (TPSA) is 79.5 Å². The first kappa shape index (κ1) is 20.0. The number of halogens is 1. The lowest BCUT2D eigenvalue weighted by Gasteiger charge is -2.37. The molecule has 0 spiro atoms. The molecule has 3 N–H and O–H groups in total. The summed E-state index contributed by atoms with van der Waals surface area (Å²) in [5.74, 6) is 0.854. The van der Waals surface area contributed by atoms with Crippen molar-refractivity contribution in [1.29, 1.82) is 0 Å². The maximum atomic E-state index is 12.8. The number of nitrogens with one attached hydrogen (secondary N) is 3.